The lowest BCUT2D eigenvalue weighted by molar-refractivity contribution is 0.0903. The number of amides is 1. The van der Waals surface area contributed by atoms with Gasteiger partial charge in [0.05, 0.1) is 11.3 Å². The van der Waals surface area contributed by atoms with Gasteiger partial charge in [-0.3, -0.25) is 9.36 Å². The molecule has 2 aromatic rings. The predicted octanol–water partition coefficient (Wildman–Crippen LogP) is 1.06. The van der Waals surface area contributed by atoms with Crippen LogP contribution in [-0.2, 0) is 20.5 Å². The molecule has 2 atom stereocenters. The second kappa shape index (κ2) is 7.39. The molecule has 0 bridgehead atoms. The summed E-state index contributed by atoms with van der Waals surface area (Å²) in [6.07, 6.45) is 6.44. The SMILES string of the molecule is Cc1ncc(C(=O)N[C@@H]2CCCC[C@@H]2Cc2nn(C)c(=O)n2C)c(C)n1. The summed E-state index contributed by atoms with van der Waals surface area (Å²) in [5.74, 6) is 1.55. The van der Waals surface area contributed by atoms with Crippen molar-refractivity contribution in [1.82, 2.24) is 29.6 Å². The zero-order valence-corrected chi connectivity index (χ0v) is 15.8. The normalized spacial score (nSPS) is 20.2. The van der Waals surface area contributed by atoms with E-state index in [1.807, 2.05) is 13.8 Å². The molecule has 0 saturated heterocycles. The maximum Gasteiger partial charge on any atom is 0.345 e. The van der Waals surface area contributed by atoms with E-state index in [1.54, 1.807) is 24.9 Å². The average Bonchev–Trinajstić information content (AvgIpc) is 2.83. The Bertz CT molecular complexity index is 869. The minimum atomic E-state index is -0.130. The van der Waals surface area contributed by atoms with Gasteiger partial charge in [0, 0.05) is 32.8 Å². The molecule has 1 aliphatic carbocycles. The van der Waals surface area contributed by atoms with Crippen LogP contribution in [0.5, 0.6) is 0 Å². The maximum absolute atomic E-state index is 12.7. The van der Waals surface area contributed by atoms with E-state index in [9.17, 15) is 9.59 Å². The molecular formula is C18H26N6O2. The Balaban J connectivity index is 1.75. The quantitative estimate of drug-likeness (QED) is 0.882. The molecule has 1 N–H and O–H groups in total. The topological polar surface area (TPSA) is 94.7 Å². The molecular weight excluding hydrogens is 332 g/mol. The summed E-state index contributed by atoms with van der Waals surface area (Å²) in [5.41, 5.74) is 1.09. The third kappa shape index (κ3) is 3.68. The Kier molecular flexibility index (Phi) is 5.20. The summed E-state index contributed by atoms with van der Waals surface area (Å²) < 4.78 is 2.95. The van der Waals surface area contributed by atoms with Gasteiger partial charge in [0.15, 0.2) is 0 Å². The molecule has 0 unspecified atom stereocenters. The van der Waals surface area contributed by atoms with Gasteiger partial charge in [0.25, 0.3) is 5.91 Å². The van der Waals surface area contributed by atoms with Crippen LogP contribution in [0.15, 0.2) is 11.0 Å². The fourth-order valence-corrected chi connectivity index (χ4v) is 3.72. The molecule has 0 aromatic carbocycles. The summed E-state index contributed by atoms with van der Waals surface area (Å²) >= 11 is 0. The molecule has 1 amide bonds. The van der Waals surface area contributed by atoms with Crippen LogP contribution in [0.2, 0.25) is 0 Å². The Morgan fingerprint density at radius 3 is 2.65 bits per heavy atom. The smallest absolute Gasteiger partial charge is 0.345 e. The van der Waals surface area contributed by atoms with Crippen molar-refractivity contribution in [2.45, 2.75) is 52.0 Å². The first-order chi connectivity index (χ1) is 12.4. The van der Waals surface area contributed by atoms with E-state index >= 15 is 0 Å². The van der Waals surface area contributed by atoms with E-state index in [0.717, 1.165) is 31.5 Å². The molecule has 26 heavy (non-hydrogen) atoms. The van der Waals surface area contributed by atoms with Crippen molar-refractivity contribution < 1.29 is 4.79 Å². The Labute approximate surface area is 152 Å². The van der Waals surface area contributed by atoms with Crippen LogP contribution in [0, 0.1) is 19.8 Å². The van der Waals surface area contributed by atoms with Crippen molar-refractivity contribution >= 4 is 5.91 Å². The van der Waals surface area contributed by atoms with Gasteiger partial charge in [0.2, 0.25) is 0 Å². The molecule has 0 spiro atoms. The van der Waals surface area contributed by atoms with Crippen LogP contribution >= 0.6 is 0 Å². The van der Waals surface area contributed by atoms with Gasteiger partial charge in [0.1, 0.15) is 11.6 Å². The Morgan fingerprint density at radius 1 is 1.27 bits per heavy atom. The van der Waals surface area contributed by atoms with Crippen LogP contribution in [0.4, 0.5) is 0 Å². The summed E-state index contributed by atoms with van der Waals surface area (Å²) in [6.45, 7) is 3.63. The van der Waals surface area contributed by atoms with E-state index in [-0.39, 0.29) is 23.6 Å². The fraction of sp³-hybridized carbons (Fsp3) is 0.611. The monoisotopic (exact) mass is 358 g/mol. The van der Waals surface area contributed by atoms with Gasteiger partial charge < -0.3 is 5.32 Å². The van der Waals surface area contributed by atoms with E-state index in [0.29, 0.717) is 23.5 Å². The first-order valence-electron chi connectivity index (χ1n) is 9.07. The largest absolute Gasteiger partial charge is 0.349 e. The highest BCUT2D eigenvalue weighted by molar-refractivity contribution is 5.95. The number of carbonyl (C=O) groups excluding carboxylic acids is 1. The van der Waals surface area contributed by atoms with Crippen LogP contribution in [-0.4, -0.2) is 36.3 Å². The minimum absolute atomic E-state index is 0.0639. The zero-order chi connectivity index (χ0) is 18.8. The van der Waals surface area contributed by atoms with Crippen LogP contribution in [0.25, 0.3) is 0 Å². The first kappa shape index (κ1) is 18.3. The van der Waals surface area contributed by atoms with Gasteiger partial charge in [-0.1, -0.05) is 12.8 Å². The third-order valence-corrected chi connectivity index (χ3v) is 5.23. The van der Waals surface area contributed by atoms with Crippen molar-refractivity contribution in [1.29, 1.82) is 0 Å². The number of hydrogen-bond donors (Lipinski definition) is 1. The van der Waals surface area contributed by atoms with Crippen molar-refractivity contribution in [3.63, 3.8) is 0 Å². The summed E-state index contributed by atoms with van der Waals surface area (Å²) in [4.78, 5) is 33.0. The van der Waals surface area contributed by atoms with E-state index in [2.05, 4.69) is 20.4 Å². The zero-order valence-electron chi connectivity index (χ0n) is 15.8. The second-order valence-corrected chi connectivity index (χ2v) is 7.13. The highest BCUT2D eigenvalue weighted by Gasteiger charge is 2.29. The summed E-state index contributed by atoms with van der Waals surface area (Å²) in [5, 5.41) is 7.50. The number of nitrogens with zero attached hydrogens (tertiary/aromatic N) is 5. The second-order valence-electron chi connectivity index (χ2n) is 7.13. The number of aromatic nitrogens is 5. The molecule has 2 heterocycles. The van der Waals surface area contributed by atoms with Gasteiger partial charge in [-0.15, -0.1) is 0 Å². The average molecular weight is 358 g/mol. The van der Waals surface area contributed by atoms with E-state index < -0.39 is 0 Å². The van der Waals surface area contributed by atoms with Crippen molar-refractivity contribution in [2.75, 3.05) is 0 Å². The maximum atomic E-state index is 12.7. The fourth-order valence-electron chi connectivity index (χ4n) is 3.72. The molecule has 3 rings (SSSR count). The van der Waals surface area contributed by atoms with Gasteiger partial charge >= 0.3 is 5.69 Å². The van der Waals surface area contributed by atoms with Crippen LogP contribution in [0.3, 0.4) is 0 Å². The Morgan fingerprint density at radius 2 is 2.00 bits per heavy atom. The van der Waals surface area contributed by atoms with E-state index in [1.165, 1.54) is 4.68 Å². The first-order valence-corrected chi connectivity index (χ1v) is 9.07. The molecule has 0 radical (unpaired) electrons. The van der Waals surface area contributed by atoms with Crippen LogP contribution in [0.1, 0.15) is 53.4 Å². The number of nitrogens with one attached hydrogen (secondary N) is 1. The highest BCUT2D eigenvalue weighted by atomic mass is 16.2. The van der Waals surface area contributed by atoms with Gasteiger partial charge in [-0.05, 0) is 32.6 Å². The third-order valence-electron chi connectivity index (χ3n) is 5.23. The standard InChI is InChI=1S/C18H26N6O2/c1-11-14(10-19-12(2)20-11)17(25)21-15-8-6-5-7-13(15)9-16-22-24(4)18(26)23(16)3/h10,13,15H,5-9H2,1-4H3,(H,21,25)/t13-,15-/m1/s1. The number of carbonyl (C=O) groups is 1. The summed E-state index contributed by atoms with van der Waals surface area (Å²) in [7, 11) is 3.40. The molecule has 1 fully saturated rings. The van der Waals surface area contributed by atoms with Crippen molar-refractivity contribution in [2.24, 2.45) is 20.0 Å². The molecule has 8 nitrogen and oxygen atoms in total. The lowest BCUT2D eigenvalue weighted by Gasteiger charge is -2.32. The Hall–Kier alpha value is -2.51. The molecule has 0 aliphatic heterocycles. The van der Waals surface area contributed by atoms with Crippen LogP contribution < -0.4 is 11.0 Å². The minimum Gasteiger partial charge on any atom is -0.349 e. The molecule has 140 valence electrons. The van der Waals surface area contributed by atoms with Gasteiger partial charge in [-0.2, -0.15) is 5.10 Å². The predicted molar refractivity (Wildman–Crippen MR) is 96.9 cm³/mol. The lowest BCUT2D eigenvalue weighted by atomic mass is 9.82. The molecule has 1 saturated carbocycles. The highest BCUT2D eigenvalue weighted by Crippen LogP contribution is 2.27. The number of rotatable bonds is 4. The van der Waals surface area contributed by atoms with Crippen molar-refractivity contribution in [3.05, 3.63) is 39.6 Å². The molecule has 1 aliphatic rings. The summed E-state index contributed by atoms with van der Waals surface area (Å²) in [6, 6.07) is 0.0639. The van der Waals surface area contributed by atoms with Gasteiger partial charge in [-0.25, -0.2) is 19.4 Å². The number of hydrogen-bond acceptors (Lipinski definition) is 5. The lowest BCUT2D eigenvalue weighted by Crippen LogP contribution is -2.43. The van der Waals surface area contributed by atoms with Crippen molar-refractivity contribution in [3.8, 4) is 0 Å². The number of aryl methyl sites for hydroxylation is 3. The molecule has 8 heteroatoms. The van der Waals surface area contributed by atoms with E-state index in [4.69, 9.17) is 0 Å². The molecule has 2 aromatic heterocycles.